The zero-order valence-electron chi connectivity index (χ0n) is 11.5. The number of nitrogens with one attached hydrogen (secondary N) is 1. The highest BCUT2D eigenvalue weighted by atomic mass is 32.2. The topological polar surface area (TPSA) is 116 Å². The van der Waals surface area contributed by atoms with Crippen LogP contribution < -0.4 is 11.1 Å². The minimum atomic E-state index is -3.51. The van der Waals surface area contributed by atoms with E-state index < -0.39 is 9.84 Å². The van der Waals surface area contributed by atoms with Gasteiger partial charge in [-0.1, -0.05) is 0 Å². The first-order valence-corrected chi connectivity index (χ1v) is 8.48. The van der Waals surface area contributed by atoms with Crippen LogP contribution in [0.5, 0.6) is 0 Å². The Morgan fingerprint density at radius 2 is 2.00 bits per heavy atom. The smallest absolute Gasteiger partial charge is 0.252 e. The second-order valence-electron chi connectivity index (χ2n) is 5.07. The lowest BCUT2D eigenvalue weighted by molar-refractivity contribution is 0.443. The third kappa shape index (κ3) is 2.56. The maximum Gasteiger partial charge on any atom is 0.252 e. The molecule has 0 spiro atoms. The van der Waals surface area contributed by atoms with Gasteiger partial charge in [0.1, 0.15) is 0 Å². The van der Waals surface area contributed by atoms with E-state index in [0.717, 1.165) is 25.5 Å². The van der Waals surface area contributed by atoms with Gasteiger partial charge in [0.25, 0.3) is 5.95 Å². The standard InChI is InChI=1S/C12H16N6O2S/c1-21(19,20)9-10(13)18(12-14-6-3-7-15-12)17-11(9)16-8-4-2-5-8/h3,6-8H,2,4-5,13H2,1H3,(H,16,17). The quantitative estimate of drug-likeness (QED) is 0.850. The minimum Gasteiger partial charge on any atom is -0.382 e. The molecule has 0 saturated heterocycles. The fourth-order valence-corrected chi connectivity index (χ4v) is 3.09. The van der Waals surface area contributed by atoms with Gasteiger partial charge in [0.2, 0.25) is 0 Å². The third-order valence-electron chi connectivity index (χ3n) is 3.43. The Hall–Kier alpha value is -2.16. The predicted molar refractivity (Wildman–Crippen MR) is 77.9 cm³/mol. The SMILES string of the molecule is CS(=O)(=O)c1c(NC2CCC2)nn(-c2ncccn2)c1N. The molecule has 1 aliphatic rings. The van der Waals surface area contributed by atoms with Gasteiger partial charge in [0, 0.05) is 24.7 Å². The Kier molecular flexibility index (Phi) is 3.28. The maximum atomic E-state index is 12.0. The van der Waals surface area contributed by atoms with Crippen molar-refractivity contribution in [3.8, 4) is 5.95 Å². The van der Waals surface area contributed by atoms with Crippen LogP contribution in [0.3, 0.4) is 0 Å². The number of nitrogen functional groups attached to an aromatic ring is 1. The van der Waals surface area contributed by atoms with E-state index in [1.54, 1.807) is 18.5 Å². The van der Waals surface area contributed by atoms with E-state index in [2.05, 4.69) is 20.4 Å². The molecule has 0 aliphatic heterocycles. The molecule has 2 heterocycles. The highest BCUT2D eigenvalue weighted by molar-refractivity contribution is 7.91. The van der Waals surface area contributed by atoms with Gasteiger partial charge in [0.15, 0.2) is 26.4 Å². The van der Waals surface area contributed by atoms with Crippen molar-refractivity contribution < 1.29 is 8.42 Å². The van der Waals surface area contributed by atoms with Crippen molar-refractivity contribution in [1.29, 1.82) is 0 Å². The van der Waals surface area contributed by atoms with Crippen LogP contribution in [0, 0.1) is 0 Å². The van der Waals surface area contributed by atoms with E-state index >= 15 is 0 Å². The summed E-state index contributed by atoms with van der Waals surface area (Å²) < 4.78 is 25.2. The average molecular weight is 308 g/mol. The molecule has 0 atom stereocenters. The summed E-state index contributed by atoms with van der Waals surface area (Å²) >= 11 is 0. The van der Waals surface area contributed by atoms with Gasteiger partial charge >= 0.3 is 0 Å². The van der Waals surface area contributed by atoms with E-state index in [0.29, 0.717) is 0 Å². The summed E-state index contributed by atoms with van der Waals surface area (Å²) in [7, 11) is -3.51. The summed E-state index contributed by atoms with van der Waals surface area (Å²) in [5.74, 6) is 0.527. The number of hydrogen-bond donors (Lipinski definition) is 2. The van der Waals surface area contributed by atoms with Gasteiger partial charge in [-0.15, -0.1) is 5.10 Å². The van der Waals surface area contributed by atoms with Gasteiger partial charge in [-0.3, -0.25) is 0 Å². The van der Waals surface area contributed by atoms with Crippen LogP contribution in [0.15, 0.2) is 23.4 Å². The molecule has 0 bridgehead atoms. The normalized spacial score (nSPS) is 15.7. The number of hydrogen-bond acceptors (Lipinski definition) is 7. The lowest BCUT2D eigenvalue weighted by atomic mass is 9.93. The number of aromatic nitrogens is 4. The molecular formula is C12H16N6O2S. The molecule has 9 heteroatoms. The minimum absolute atomic E-state index is 0.00172. The third-order valence-corrected chi connectivity index (χ3v) is 4.58. The molecule has 1 aliphatic carbocycles. The maximum absolute atomic E-state index is 12.0. The zero-order valence-corrected chi connectivity index (χ0v) is 12.3. The van der Waals surface area contributed by atoms with Crippen LogP contribution in [-0.2, 0) is 9.84 Å². The summed E-state index contributed by atoms with van der Waals surface area (Å²) in [6.07, 6.45) is 7.33. The van der Waals surface area contributed by atoms with Gasteiger partial charge in [-0.2, -0.15) is 4.68 Å². The van der Waals surface area contributed by atoms with Crippen molar-refractivity contribution in [1.82, 2.24) is 19.7 Å². The lowest BCUT2D eigenvalue weighted by Gasteiger charge is -2.26. The van der Waals surface area contributed by atoms with Crippen molar-refractivity contribution >= 4 is 21.5 Å². The van der Waals surface area contributed by atoms with Crippen molar-refractivity contribution in [3.05, 3.63) is 18.5 Å². The van der Waals surface area contributed by atoms with E-state index in [9.17, 15) is 8.42 Å². The monoisotopic (exact) mass is 308 g/mol. The Bertz CT molecular complexity index is 752. The number of nitrogens with two attached hydrogens (primary N) is 1. The van der Waals surface area contributed by atoms with Gasteiger partial charge in [0.05, 0.1) is 0 Å². The number of sulfone groups is 1. The van der Waals surface area contributed by atoms with E-state index in [-0.39, 0.29) is 28.5 Å². The van der Waals surface area contributed by atoms with Crippen LogP contribution in [0.2, 0.25) is 0 Å². The molecule has 2 aromatic heterocycles. The van der Waals surface area contributed by atoms with Crippen LogP contribution in [-0.4, -0.2) is 40.5 Å². The van der Waals surface area contributed by atoms with Crippen LogP contribution >= 0.6 is 0 Å². The second-order valence-corrected chi connectivity index (χ2v) is 7.02. The highest BCUT2D eigenvalue weighted by Gasteiger charge is 2.28. The van der Waals surface area contributed by atoms with Crippen LogP contribution in [0.4, 0.5) is 11.6 Å². The molecule has 0 radical (unpaired) electrons. The zero-order chi connectivity index (χ0) is 15.0. The van der Waals surface area contributed by atoms with Gasteiger partial charge < -0.3 is 11.1 Å². The molecule has 1 fully saturated rings. The summed E-state index contributed by atoms with van der Waals surface area (Å²) in [4.78, 5) is 8.09. The van der Waals surface area contributed by atoms with Gasteiger partial charge in [-0.25, -0.2) is 18.4 Å². The molecule has 8 nitrogen and oxygen atoms in total. The highest BCUT2D eigenvalue weighted by Crippen LogP contribution is 2.31. The Morgan fingerprint density at radius 3 is 2.52 bits per heavy atom. The summed E-state index contributed by atoms with van der Waals surface area (Å²) in [5, 5.41) is 7.38. The molecule has 21 heavy (non-hydrogen) atoms. The summed E-state index contributed by atoms with van der Waals surface area (Å²) in [5.41, 5.74) is 5.96. The molecule has 112 valence electrons. The molecule has 3 rings (SSSR count). The Balaban J connectivity index is 2.10. The molecule has 1 saturated carbocycles. The Morgan fingerprint density at radius 1 is 1.33 bits per heavy atom. The fraction of sp³-hybridized carbons (Fsp3) is 0.417. The van der Waals surface area contributed by atoms with E-state index in [1.165, 1.54) is 4.68 Å². The van der Waals surface area contributed by atoms with Crippen molar-refractivity contribution in [3.63, 3.8) is 0 Å². The first-order valence-electron chi connectivity index (χ1n) is 6.59. The van der Waals surface area contributed by atoms with E-state index in [4.69, 9.17) is 5.73 Å². The van der Waals surface area contributed by atoms with Crippen LogP contribution in [0.1, 0.15) is 19.3 Å². The second kappa shape index (κ2) is 4.99. The van der Waals surface area contributed by atoms with Crippen molar-refractivity contribution in [2.45, 2.75) is 30.2 Å². The molecular weight excluding hydrogens is 292 g/mol. The number of anilines is 2. The summed E-state index contributed by atoms with van der Waals surface area (Å²) in [6, 6.07) is 1.90. The number of rotatable bonds is 4. The number of nitrogens with zero attached hydrogens (tertiary/aromatic N) is 4. The summed E-state index contributed by atoms with van der Waals surface area (Å²) in [6.45, 7) is 0. The molecule has 2 aromatic rings. The predicted octanol–water partition coefficient (Wildman–Crippen LogP) is 0.612. The van der Waals surface area contributed by atoms with Crippen molar-refractivity contribution in [2.75, 3.05) is 17.3 Å². The largest absolute Gasteiger partial charge is 0.382 e. The van der Waals surface area contributed by atoms with Gasteiger partial charge in [-0.05, 0) is 25.3 Å². The van der Waals surface area contributed by atoms with Crippen molar-refractivity contribution in [2.24, 2.45) is 0 Å². The van der Waals surface area contributed by atoms with Crippen LogP contribution in [0.25, 0.3) is 5.95 Å². The Labute approximate surface area is 122 Å². The first kappa shape index (κ1) is 13.8. The molecule has 3 N–H and O–H groups in total. The first-order chi connectivity index (χ1) is 9.97. The fourth-order valence-electron chi connectivity index (χ4n) is 2.18. The van der Waals surface area contributed by atoms with E-state index in [1.807, 2.05) is 0 Å². The average Bonchev–Trinajstić information content (AvgIpc) is 2.72. The molecule has 0 unspecified atom stereocenters. The molecule has 0 aromatic carbocycles. The molecule has 0 amide bonds. The lowest BCUT2D eigenvalue weighted by Crippen LogP contribution is -2.28.